The van der Waals surface area contributed by atoms with E-state index >= 15 is 0 Å². The van der Waals surface area contributed by atoms with Gasteiger partial charge >= 0.3 is 0 Å². The quantitative estimate of drug-likeness (QED) is 0.927. The van der Waals surface area contributed by atoms with Crippen molar-refractivity contribution in [1.29, 1.82) is 0 Å². The Balaban J connectivity index is 1.72. The molecule has 3 nitrogen and oxygen atoms in total. The van der Waals surface area contributed by atoms with Crippen LogP contribution >= 0.6 is 0 Å². The molecule has 3 rings (SSSR count). The van der Waals surface area contributed by atoms with Crippen LogP contribution in [-0.4, -0.2) is 49.1 Å². The minimum absolute atomic E-state index is 0.412. The zero-order chi connectivity index (χ0) is 14.7. The summed E-state index contributed by atoms with van der Waals surface area (Å²) < 4.78 is 0. The van der Waals surface area contributed by atoms with Gasteiger partial charge in [-0.15, -0.1) is 0 Å². The van der Waals surface area contributed by atoms with Crippen molar-refractivity contribution in [3.63, 3.8) is 0 Å². The first-order valence-corrected chi connectivity index (χ1v) is 8.47. The molecule has 2 fully saturated rings. The van der Waals surface area contributed by atoms with Gasteiger partial charge in [0.05, 0.1) is 0 Å². The Morgan fingerprint density at radius 2 is 1.86 bits per heavy atom. The van der Waals surface area contributed by atoms with Gasteiger partial charge in [-0.05, 0) is 31.4 Å². The van der Waals surface area contributed by atoms with Crippen LogP contribution < -0.4 is 5.73 Å². The monoisotopic (exact) mass is 287 g/mol. The largest absolute Gasteiger partial charge is 0.327 e. The number of piperazine rings is 1. The van der Waals surface area contributed by atoms with Crippen LogP contribution in [0.25, 0.3) is 0 Å². The van der Waals surface area contributed by atoms with Gasteiger partial charge in [0.15, 0.2) is 0 Å². The van der Waals surface area contributed by atoms with Crippen LogP contribution in [0.4, 0.5) is 0 Å². The maximum absolute atomic E-state index is 6.37. The average molecular weight is 287 g/mol. The zero-order valence-electron chi connectivity index (χ0n) is 13.2. The highest BCUT2D eigenvalue weighted by Crippen LogP contribution is 2.29. The van der Waals surface area contributed by atoms with E-state index in [1.165, 1.54) is 50.9 Å². The third-order valence-electron chi connectivity index (χ3n) is 5.32. The SMILES string of the molecule is CN1CCN(CC2CCCCC2N)C(c2ccccc2)C1. The minimum atomic E-state index is 0.412. The summed E-state index contributed by atoms with van der Waals surface area (Å²) >= 11 is 0. The summed E-state index contributed by atoms with van der Waals surface area (Å²) in [6, 6.07) is 11.9. The third kappa shape index (κ3) is 3.65. The molecule has 2 N–H and O–H groups in total. The number of nitrogens with two attached hydrogens (primary N) is 1. The van der Waals surface area contributed by atoms with E-state index in [1.807, 2.05) is 0 Å². The number of benzene rings is 1. The van der Waals surface area contributed by atoms with Crippen molar-refractivity contribution in [3.8, 4) is 0 Å². The first-order chi connectivity index (χ1) is 10.2. The van der Waals surface area contributed by atoms with Gasteiger partial charge in [-0.25, -0.2) is 0 Å². The first-order valence-electron chi connectivity index (χ1n) is 8.47. The topological polar surface area (TPSA) is 32.5 Å². The van der Waals surface area contributed by atoms with Crippen LogP contribution in [0, 0.1) is 5.92 Å². The van der Waals surface area contributed by atoms with E-state index in [1.54, 1.807) is 0 Å². The molecule has 3 unspecified atom stereocenters. The van der Waals surface area contributed by atoms with E-state index in [2.05, 4.69) is 47.2 Å². The molecule has 0 radical (unpaired) electrons. The number of likely N-dealkylation sites (N-methyl/N-ethyl adjacent to an activating group) is 1. The Morgan fingerprint density at radius 3 is 2.62 bits per heavy atom. The third-order valence-corrected chi connectivity index (χ3v) is 5.32. The van der Waals surface area contributed by atoms with Gasteiger partial charge in [0.25, 0.3) is 0 Å². The summed E-state index contributed by atoms with van der Waals surface area (Å²) in [5.41, 5.74) is 7.82. The number of hydrogen-bond donors (Lipinski definition) is 1. The van der Waals surface area contributed by atoms with E-state index < -0.39 is 0 Å². The molecule has 21 heavy (non-hydrogen) atoms. The summed E-state index contributed by atoms with van der Waals surface area (Å²) in [6.45, 7) is 4.64. The van der Waals surface area contributed by atoms with Gasteiger partial charge < -0.3 is 10.6 Å². The Kier molecular flexibility index (Phi) is 4.94. The summed E-state index contributed by atoms with van der Waals surface area (Å²) in [5.74, 6) is 0.688. The van der Waals surface area contributed by atoms with Crippen molar-refractivity contribution < 1.29 is 0 Å². The van der Waals surface area contributed by atoms with Crippen molar-refractivity contribution in [2.45, 2.75) is 37.8 Å². The van der Waals surface area contributed by atoms with Crippen LogP contribution in [0.1, 0.15) is 37.3 Å². The van der Waals surface area contributed by atoms with Crippen LogP contribution in [0.5, 0.6) is 0 Å². The van der Waals surface area contributed by atoms with E-state index in [0.717, 1.165) is 6.54 Å². The molecule has 0 aromatic heterocycles. The minimum Gasteiger partial charge on any atom is -0.327 e. The van der Waals surface area contributed by atoms with Gasteiger partial charge in [-0.2, -0.15) is 0 Å². The fourth-order valence-corrected chi connectivity index (χ4v) is 3.93. The highest BCUT2D eigenvalue weighted by atomic mass is 15.3. The fourth-order valence-electron chi connectivity index (χ4n) is 3.93. The van der Waals surface area contributed by atoms with Gasteiger partial charge in [-0.1, -0.05) is 43.2 Å². The zero-order valence-corrected chi connectivity index (χ0v) is 13.2. The smallest absolute Gasteiger partial charge is 0.0475 e. The maximum Gasteiger partial charge on any atom is 0.0475 e. The van der Waals surface area contributed by atoms with Crippen LogP contribution in [0.3, 0.4) is 0 Å². The van der Waals surface area contributed by atoms with Gasteiger partial charge in [0.2, 0.25) is 0 Å². The predicted molar refractivity (Wildman–Crippen MR) is 88.2 cm³/mol. The molecule has 1 saturated carbocycles. The molecule has 3 heteroatoms. The van der Waals surface area contributed by atoms with Crippen molar-refractivity contribution >= 4 is 0 Å². The molecular formula is C18H29N3. The van der Waals surface area contributed by atoms with E-state index in [4.69, 9.17) is 5.73 Å². The standard InChI is InChI=1S/C18H29N3/c1-20-11-12-21(13-16-9-5-6-10-17(16)19)18(14-20)15-7-3-2-4-8-15/h2-4,7-8,16-18H,5-6,9-14,19H2,1H3. The lowest BCUT2D eigenvalue weighted by molar-refractivity contribution is 0.0643. The van der Waals surface area contributed by atoms with Crippen molar-refractivity contribution in [2.75, 3.05) is 33.2 Å². The summed E-state index contributed by atoms with van der Waals surface area (Å²) in [6.07, 6.45) is 5.22. The van der Waals surface area contributed by atoms with Gasteiger partial charge in [0, 0.05) is 38.3 Å². The molecule has 1 saturated heterocycles. The molecule has 2 aliphatic rings. The molecular weight excluding hydrogens is 258 g/mol. The molecule has 1 aliphatic heterocycles. The van der Waals surface area contributed by atoms with Crippen LogP contribution in [0.15, 0.2) is 30.3 Å². The summed E-state index contributed by atoms with van der Waals surface area (Å²) in [4.78, 5) is 5.14. The van der Waals surface area contributed by atoms with E-state index in [-0.39, 0.29) is 0 Å². The molecule has 0 spiro atoms. The predicted octanol–water partition coefficient (Wildman–Crippen LogP) is 2.49. The molecule has 0 bridgehead atoms. The Hall–Kier alpha value is -0.900. The molecule has 0 amide bonds. The molecule has 1 aromatic carbocycles. The summed E-state index contributed by atoms with van der Waals surface area (Å²) in [5, 5.41) is 0. The molecule has 3 atom stereocenters. The highest BCUT2D eigenvalue weighted by molar-refractivity contribution is 5.20. The van der Waals surface area contributed by atoms with Crippen LogP contribution in [-0.2, 0) is 0 Å². The summed E-state index contributed by atoms with van der Waals surface area (Å²) in [7, 11) is 2.24. The average Bonchev–Trinajstić information content (AvgIpc) is 2.52. The lowest BCUT2D eigenvalue weighted by Gasteiger charge is -2.43. The van der Waals surface area contributed by atoms with Crippen molar-refractivity contribution in [1.82, 2.24) is 9.80 Å². The van der Waals surface area contributed by atoms with E-state index in [9.17, 15) is 0 Å². The molecule has 1 aliphatic carbocycles. The second-order valence-electron chi connectivity index (χ2n) is 6.89. The molecule has 1 heterocycles. The fraction of sp³-hybridized carbons (Fsp3) is 0.667. The number of hydrogen-bond acceptors (Lipinski definition) is 3. The normalized spacial score (nSPS) is 32.2. The van der Waals surface area contributed by atoms with Crippen molar-refractivity contribution in [2.24, 2.45) is 11.7 Å². The first kappa shape index (κ1) is 15.0. The molecule has 116 valence electrons. The highest BCUT2D eigenvalue weighted by Gasteiger charge is 2.31. The lowest BCUT2D eigenvalue weighted by atomic mass is 9.84. The van der Waals surface area contributed by atoms with E-state index in [0.29, 0.717) is 18.0 Å². The van der Waals surface area contributed by atoms with Gasteiger partial charge in [-0.3, -0.25) is 4.90 Å². The number of rotatable bonds is 3. The number of nitrogens with zero attached hydrogens (tertiary/aromatic N) is 2. The lowest BCUT2D eigenvalue weighted by Crippen LogP contribution is -2.50. The molecule has 1 aromatic rings. The second kappa shape index (κ2) is 6.91. The van der Waals surface area contributed by atoms with Crippen LogP contribution in [0.2, 0.25) is 0 Å². The Bertz CT molecular complexity index is 433. The van der Waals surface area contributed by atoms with Gasteiger partial charge in [0.1, 0.15) is 0 Å². The Labute approximate surface area is 129 Å². The maximum atomic E-state index is 6.37. The Morgan fingerprint density at radius 1 is 1.10 bits per heavy atom. The van der Waals surface area contributed by atoms with Crippen molar-refractivity contribution in [3.05, 3.63) is 35.9 Å². The second-order valence-corrected chi connectivity index (χ2v) is 6.89.